The molecule has 3 heteroatoms. The molecule has 0 bridgehead atoms. The van der Waals surface area contributed by atoms with E-state index in [2.05, 4.69) is 71.2 Å². The van der Waals surface area contributed by atoms with Crippen molar-refractivity contribution in [3.63, 3.8) is 0 Å². The number of hydrogen-bond acceptors (Lipinski definition) is 2. The Kier molecular flexibility index (Phi) is 5.43. The van der Waals surface area contributed by atoms with Gasteiger partial charge in [-0.3, -0.25) is 4.90 Å². The molecule has 0 spiro atoms. The van der Waals surface area contributed by atoms with E-state index >= 15 is 0 Å². The highest BCUT2D eigenvalue weighted by atomic mass is 79.9. The van der Waals surface area contributed by atoms with E-state index in [-0.39, 0.29) is 0 Å². The van der Waals surface area contributed by atoms with Crippen LogP contribution in [0.5, 0.6) is 0 Å². The second-order valence-electron chi connectivity index (χ2n) is 6.15. The number of nitrogens with one attached hydrogen (secondary N) is 1. The lowest BCUT2D eigenvalue weighted by Gasteiger charge is -2.40. The Balaban J connectivity index is 2.05. The van der Waals surface area contributed by atoms with E-state index in [1.54, 1.807) is 0 Å². The van der Waals surface area contributed by atoms with Crippen LogP contribution in [0.25, 0.3) is 0 Å². The smallest absolute Gasteiger partial charge is 0.0238 e. The lowest BCUT2D eigenvalue weighted by atomic mass is 9.98. The average molecular weight is 325 g/mol. The molecular weight excluding hydrogens is 300 g/mol. The molecule has 1 saturated heterocycles. The highest BCUT2D eigenvalue weighted by molar-refractivity contribution is 9.10. The van der Waals surface area contributed by atoms with Crippen LogP contribution in [0.2, 0.25) is 0 Å². The van der Waals surface area contributed by atoms with Gasteiger partial charge in [-0.25, -0.2) is 0 Å². The van der Waals surface area contributed by atoms with Crippen molar-refractivity contribution >= 4 is 15.9 Å². The molecule has 1 aromatic carbocycles. The SMILES string of the molecule is CC(C)CC1CNC(C)CN1Cc1cccc(Br)c1. The molecule has 2 rings (SSSR count). The molecule has 2 nitrogen and oxygen atoms in total. The van der Waals surface area contributed by atoms with Gasteiger partial charge in [-0.2, -0.15) is 0 Å². The standard InChI is InChI=1S/C16H25BrN2/c1-12(2)7-16-9-18-13(3)10-19(16)11-14-5-4-6-15(17)8-14/h4-6,8,12-13,16,18H,7,9-11H2,1-3H3. The van der Waals surface area contributed by atoms with Gasteiger partial charge < -0.3 is 5.32 Å². The molecule has 0 saturated carbocycles. The predicted octanol–water partition coefficient (Wildman–Crippen LogP) is 3.66. The van der Waals surface area contributed by atoms with Crippen molar-refractivity contribution in [3.8, 4) is 0 Å². The minimum atomic E-state index is 0.593. The van der Waals surface area contributed by atoms with Crippen molar-refractivity contribution in [1.29, 1.82) is 0 Å². The van der Waals surface area contributed by atoms with Crippen molar-refractivity contribution in [2.24, 2.45) is 5.92 Å². The average Bonchev–Trinajstić information content (AvgIpc) is 2.32. The van der Waals surface area contributed by atoms with E-state index in [0.717, 1.165) is 25.6 Å². The quantitative estimate of drug-likeness (QED) is 0.909. The normalized spacial score (nSPS) is 24.9. The highest BCUT2D eigenvalue weighted by Crippen LogP contribution is 2.20. The topological polar surface area (TPSA) is 15.3 Å². The third-order valence-corrected chi connectivity index (χ3v) is 4.24. The predicted molar refractivity (Wildman–Crippen MR) is 85.3 cm³/mol. The zero-order valence-electron chi connectivity index (χ0n) is 12.2. The minimum Gasteiger partial charge on any atom is -0.311 e. The Labute approximate surface area is 125 Å². The van der Waals surface area contributed by atoms with Crippen LogP contribution < -0.4 is 5.32 Å². The lowest BCUT2D eigenvalue weighted by molar-refractivity contribution is 0.111. The highest BCUT2D eigenvalue weighted by Gasteiger charge is 2.26. The minimum absolute atomic E-state index is 0.593. The summed E-state index contributed by atoms with van der Waals surface area (Å²) in [4.78, 5) is 2.64. The summed E-state index contributed by atoms with van der Waals surface area (Å²) < 4.78 is 1.17. The summed E-state index contributed by atoms with van der Waals surface area (Å²) in [5.41, 5.74) is 1.40. The molecule has 1 fully saturated rings. The number of hydrogen-bond donors (Lipinski definition) is 1. The van der Waals surface area contributed by atoms with Gasteiger partial charge >= 0.3 is 0 Å². The lowest BCUT2D eigenvalue weighted by Crippen LogP contribution is -2.55. The van der Waals surface area contributed by atoms with Gasteiger partial charge in [0.25, 0.3) is 0 Å². The van der Waals surface area contributed by atoms with Crippen LogP contribution >= 0.6 is 15.9 Å². The Hall–Kier alpha value is -0.380. The zero-order chi connectivity index (χ0) is 13.8. The fourth-order valence-electron chi connectivity index (χ4n) is 2.87. The molecule has 1 aliphatic heterocycles. The van der Waals surface area contributed by atoms with Crippen LogP contribution in [-0.2, 0) is 6.54 Å². The van der Waals surface area contributed by atoms with Crippen LogP contribution in [0.1, 0.15) is 32.8 Å². The van der Waals surface area contributed by atoms with Crippen molar-refractivity contribution in [2.45, 2.75) is 45.8 Å². The summed E-state index contributed by atoms with van der Waals surface area (Å²) in [6.07, 6.45) is 1.27. The monoisotopic (exact) mass is 324 g/mol. The van der Waals surface area contributed by atoms with E-state index in [9.17, 15) is 0 Å². The van der Waals surface area contributed by atoms with E-state index in [1.807, 2.05) is 0 Å². The third kappa shape index (κ3) is 4.59. The van der Waals surface area contributed by atoms with Crippen LogP contribution in [0.3, 0.4) is 0 Å². The fraction of sp³-hybridized carbons (Fsp3) is 0.625. The van der Waals surface area contributed by atoms with Gasteiger partial charge in [0, 0.05) is 36.2 Å². The number of rotatable bonds is 4. The Morgan fingerprint density at radius 3 is 2.89 bits per heavy atom. The summed E-state index contributed by atoms with van der Waals surface area (Å²) in [6, 6.07) is 9.94. The van der Waals surface area contributed by atoms with Gasteiger partial charge in [0.15, 0.2) is 0 Å². The summed E-state index contributed by atoms with van der Waals surface area (Å²) in [6.45, 7) is 10.2. The van der Waals surface area contributed by atoms with Crippen molar-refractivity contribution in [1.82, 2.24) is 10.2 Å². The molecular formula is C16H25BrN2. The first-order valence-corrected chi connectivity index (χ1v) is 8.05. The summed E-state index contributed by atoms with van der Waals surface area (Å²) in [5, 5.41) is 3.61. The first-order valence-electron chi connectivity index (χ1n) is 7.26. The molecule has 1 aromatic rings. The van der Waals surface area contributed by atoms with Crippen LogP contribution in [-0.4, -0.2) is 30.1 Å². The van der Waals surface area contributed by atoms with E-state index < -0.39 is 0 Å². The molecule has 1 N–H and O–H groups in total. The Morgan fingerprint density at radius 1 is 1.42 bits per heavy atom. The molecule has 2 atom stereocenters. The molecule has 0 aliphatic carbocycles. The second-order valence-corrected chi connectivity index (χ2v) is 7.07. The summed E-state index contributed by atoms with van der Waals surface area (Å²) in [7, 11) is 0. The van der Waals surface area contributed by atoms with Crippen LogP contribution in [0, 0.1) is 5.92 Å². The Bertz CT molecular complexity index is 405. The molecule has 0 aromatic heterocycles. The van der Waals surface area contributed by atoms with Crippen molar-refractivity contribution in [3.05, 3.63) is 34.3 Å². The fourth-order valence-corrected chi connectivity index (χ4v) is 3.32. The van der Waals surface area contributed by atoms with E-state index in [4.69, 9.17) is 0 Å². The largest absolute Gasteiger partial charge is 0.311 e. The maximum Gasteiger partial charge on any atom is 0.0238 e. The number of benzene rings is 1. The molecule has 106 valence electrons. The molecule has 1 aliphatic rings. The second kappa shape index (κ2) is 6.87. The zero-order valence-corrected chi connectivity index (χ0v) is 13.8. The first kappa shape index (κ1) is 15.0. The number of nitrogens with zero attached hydrogens (tertiary/aromatic N) is 1. The number of piperazine rings is 1. The van der Waals surface area contributed by atoms with Gasteiger partial charge in [-0.1, -0.05) is 41.9 Å². The van der Waals surface area contributed by atoms with Gasteiger partial charge in [0.1, 0.15) is 0 Å². The first-order chi connectivity index (χ1) is 9.04. The molecule has 1 heterocycles. The van der Waals surface area contributed by atoms with E-state index in [1.165, 1.54) is 16.5 Å². The van der Waals surface area contributed by atoms with Gasteiger partial charge in [-0.05, 0) is 37.0 Å². The molecule has 19 heavy (non-hydrogen) atoms. The maximum absolute atomic E-state index is 3.61. The molecule has 0 radical (unpaired) electrons. The third-order valence-electron chi connectivity index (χ3n) is 3.74. The van der Waals surface area contributed by atoms with Gasteiger partial charge in [-0.15, -0.1) is 0 Å². The van der Waals surface area contributed by atoms with Crippen LogP contribution in [0.4, 0.5) is 0 Å². The maximum atomic E-state index is 3.61. The molecule has 0 amide bonds. The van der Waals surface area contributed by atoms with Crippen molar-refractivity contribution < 1.29 is 0 Å². The number of halogens is 1. The van der Waals surface area contributed by atoms with E-state index in [0.29, 0.717) is 12.1 Å². The Morgan fingerprint density at radius 2 is 2.21 bits per heavy atom. The van der Waals surface area contributed by atoms with Gasteiger partial charge in [0.2, 0.25) is 0 Å². The van der Waals surface area contributed by atoms with Crippen molar-refractivity contribution in [2.75, 3.05) is 13.1 Å². The van der Waals surface area contributed by atoms with Crippen LogP contribution in [0.15, 0.2) is 28.7 Å². The molecule has 2 unspecified atom stereocenters. The summed E-state index contributed by atoms with van der Waals surface area (Å²) in [5.74, 6) is 0.755. The van der Waals surface area contributed by atoms with Gasteiger partial charge in [0.05, 0.1) is 0 Å². The summed E-state index contributed by atoms with van der Waals surface area (Å²) >= 11 is 3.56.